The second-order valence-corrected chi connectivity index (χ2v) is 7.68. The van der Waals surface area contributed by atoms with Crippen LogP contribution >= 0.6 is 0 Å². The Morgan fingerprint density at radius 1 is 1.07 bits per heavy atom. The number of likely N-dealkylation sites (N-methyl/N-ethyl adjacent to an activating group) is 1. The molecule has 1 fully saturated rings. The maximum atomic E-state index is 11.9. The van der Waals surface area contributed by atoms with Crippen LogP contribution in [-0.4, -0.2) is 79.6 Å². The molecule has 0 aliphatic carbocycles. The first-order valence-electron chi connectivity index (χ1n) is 10.4. The van der Waals surface area contributed by atoms with Crippen molar-refractivity contribution in [1.82, 2.24) is 20.4 Å². The number of nitrogens with one attached hydrogen (secondary N) is 2. The van der Waals surface area contributed by atoms with E-state index in [0.717, 1.165) is 51.3 Å². The first-order chi connectivity index (χ1) is 13.3. The lowest BCUT2D eigenvalue weighted by atomic mass is 10.1. The summed E-state index contributed by atoms with van der Waals surface area (Å²) in [5, 5.41) is 5.37. The lowest BCUT2D eigenvalue weighted by Crippen LogP contribution is -2.41. The van der Waals surface area contributed by atoms with E-state index in [2.05, 4.69) is 41.3 Å². The van der Waals surface area contributed by atoms with Gasteiger partial charge in [-0.2, -0.15) is 0 Å². The summed E-state index contributed by atoms with van der Waals surface area (Å²) in [5.41, 5.74) is 10.8. The van der Waals surface area contributed by atoms with Crippen molar-refractivity contribution in [1.29, 1.82) is 0 Å². The first-order valence-corrected chi connectivity index (χ1v) is 10.4. The molecule has 1 saturated heterocycles. The fourth-order valence-electron chi connectivity index (χ4n) is 3.12. The Balaban J connectivity index is 2.06. The predicted molar refractivity (Wildman–Crippen MR) is 113 cm³/mol. The molecule has 9 nitrogen and oxygen atoms in total. The molecule has 3 amide bonds. The monoisotopic (exact) mass is 397 g/mol. The van der Waals surface area contributed by atoms with E-state index >= 15 is 0 Å². The van der Waals surface area contributed by atoms with Gasteiger partial charge in [0, 0.05) is 45.8 Å². The van der Waals surface area contributed by atoms with Gasteiger partial charge in [-0.05, 0) is 39.5 Å². The maximum Gasteiger partial charge on any atom is 0.312 e. The summed E-state index contributed by atoms with van der Waals surface area (Å²) >= 11 is 0. The van der Waals surface area contributed by atoms with Crippen molar-refractivity contribution < 1.29 is 9.59 Å². The Morgan fingerprint density at radius 3 is 2.43 bits per heavy atom. The highest BCUT2D eigenvalue weighted by Crippen LogP contribution is 2.10. The minimum Gasteiger partial charge on any atom is -0.355 e. The second-order valence-electron chi connectivity index (χ2n) is 7.68. The highest BCUT2D eigenvalue weighted by Gasteiger charge is 2.22. The van der Waals surface area contributed by atoms with E-state index in [0.29, 0.717) is 32.0 Å². The first kappa shape index (κ1) is 24.0. The molecule has 0 saturated carbocycles. The van der Waals surface area contributed by atoms with Crippen LogP contribution in [-0.2, 0) is 4.79 Å². The average molecular weight is 398 g/mol. The van der Waals surface area contributed by atoms with E-state index in [1.165, 1.54) is 0 Å². The SMILES string of the molecule is CC(C)N=C1N(C)CCN1CCCCCCNC(=O)C(N)CCCNC(N)=O. The van der Waals surface area contributed by atoms with Gasteiger partial charge in [0.1, 0.15) is 0 Å². The zero-order valence-corrected chi connectivity index (χ0v) is 17.7. The van der Waals surface area contributed by atoms with Crippen molar-refractivity contribution >= 4 is 17.9 Å². The topological polar surface area (TPSA) is 129 Å². The average Bonchev–Trinajstić information content (AvgIpc) is 2.96. The van der Waals surface area contributed by atoms with Crippen molar-refractivity contribution in [2.24, 2.45) is 16.5 Å². The number of carbonyl (C=O) groups excluding carboxylic acids is 2. The second kappa shape index (κ2) is 13.2. The number of unbranched alkanes of at least 4 members (excludes halogenated alkanes) is 3. The van der Waals surface area contributed by atoms with Crippen LogP contribution in [0.3, 0.4) is 0 Å². The number of amides is 3. The normalized spacial score (nSPS) is 16.7. The number of carbonyl (C=O) groups is 2. The van der Waals surface area contributed by atoms with E-state index in [1.807, 2.05) is 0 Å². The summed E-state index contributed by atoms with van der Waals surface area (Å²) in [5.74, 6) is 0.982. The van der Waals surface area contributed by atoms with E-state index < -0.39 is 12.1 Å². The fraction of sp³-hybridized carbons (Fsp3) is 0.842. The molecule has 1 aliphatic rings. The van der Waals surface area contributed by atoms with Crippen molar-refractivity contribution in [3.05, 3.63) is 0 Å². The molecule has 28 heavy (non-hydrogen) atoms. The predicted octanol–water partition coefficient (Wildman–Crippen LogP) is 0.451. The minimum atomic E-state index is -0.557. The number of rotatable bonds is 13. The summed E-state index contributed by atoms with van der Waals surface area (Å²) in [4.78, 5) is 31.8. The van der Waals surface area contributed by atoms with Crippen LogP contribution in [0, 0.1) is 0 Å². The Hall–Kier alpha value is -2.03. The molecular weight excluding hydrogens is 358 g/mol. The van der Waals surface area contributed by atoms with E-state index in [1.54, 1.807) is 0 Å². The van der Waals surface area contributed by atoms with Gasteiger partial charge in [0.05, 0.1) is 6.04 Å². The number of guanidine groups is 1. The molecule has 1 atom stereocenters. The molecule has 0 aromatic carbocycles. The Kier molecular flexibility index (Phi) is 11.3. The third-order valence-electron chi connectivity index (χ3n) is 4.69. The van der Waals surface area contributed by atoms with Crippen LogP contribution in [0.5, 0.6) is 0 Å². The molecule has 162 valence electrons. The van der Waals surface area contributed by atoms with Crippen molar-refractivity contribution in [3.63, 3.8) is 0 Å². The van der Waals surface area contributed by atoms with Crippen molar-refractivity contribution in [3.8, 4) is 0 Å². The Labute approximate surface area is 169 Å². The molecular formula is C19H39N7O2. The summed E-state index contributed by atoms with van der Waals surface area (Å²) in [6.07, 6.45) is 5.45. The maximum absolute atomic E-state index is 11.9. The lowest BCUT2D eigenvalue weighted by molar-refractivity contribution is -0.122. The van der Waals surface area contributed by atoms with Gasteiger partial charge in [0.2, 0.25) is 5.91 Å². The van der Waals surface area contributed by atoms with Crippen LogP contribution in [0.25, 0.3) is 0 Å². The summed E-state index contributed by atoms with van der Waals surface area (Å²) in [7, 11) is 2.10. The zero-order chi connectivity index (χ0) is 20.9. The molecule has 1 aliphatic heterocycles. The van der Waals surface area contributed by atoms with Crippen LogP contribution in [0.2, 0.25) is 0 Å². The number of hydrogen-bond acceptors (Lipinski definition) is 4. The van der Waals surface area contributed by atoms with Crippen LogP contribution in [0.15, 0.2) is 4.99 Å². The standard InChI is InChI=1S/C19H39N7O2/c1-15(2)24-19-25(3)13-14-26(19)12-7-5-4-6-10-22-17(27)16(20)9-8-11-23-18(21)28/h15-16H,4-14,20H2,1-3H3,(H,22,27)(H3,21,23,28). The van der Waals surface area contributed by atoms with Gasteiger partial charge in [-0.25, -0.2) is 4.79 Å². The van der Waals surface area contributed by atoms with Crippen molar-refractivity contribution in [2.75, 3.05) is 39.8 Å². The number of hydrogen-bond donors (Lipinski definition) is 4. The fourth-order valence-corrected chi connectivity index (χ4v) is 3.12. The molecule has 0 aromatic heterocycles. The molecule has 0 radical (unpaired) electrons. The van der Waals surface area contributed by atoms with Gasteiger partial charge in [0.25, 0.3) is 0 Å². The molecule has 0 spiro atoms. The molecule has 9 heteroatoms. The third kappa shape index (κ3) is 9.77. The van der Waals surface area contributed by atoms with Crippen LogP contribution in [0.4, 0.5) is 4.79 Å². The molecule has 0 aromatic rings. The third-order valence-corrected chi connectivity index (χ3v) is 4.69. The summed E-state index contributed by atoms with van der Waals surface area (Å²) < 4.78 is 0. The number of urea groups is 1. The van der Waals surface area contributed by atoms with Gasteiger partial charge in [-0.1, -0.05) is 12.8 Å². The highest BCUT2D eigenvalue weighted by molar-refractivity contribution is 5.82. The summed E-state index contributed by atoms with van der Waals surface area (Å²) in [6.45, 7) is 8.42. The van der Waals surface area contributed by atoms with Crippen molar-refractivity contribution in [2.45, 2.75) is 64.5 Å². The summed E-state index contributed by atoms with van der Waals surface area (Å²) in [6, 6.07) is -0.786. The molecule has 1 heterocycles. The van der Waals surface area contributed by atoms with E-state index in [4.69, 9.17) is 16.5 Å². The Morgan fingerprint density at radius 2 is 1.75 bits per heavy atom. The number of aliphatic imine (C=N–C) groups is 1. The lowest BCUT2D eigenvalue weighted by Gasteiger charge is -2.21. The highest BCUT2D eigenvalue weighted by atomic mass is 16.2. The molecule has 1 rings (SSSR count). The number of nitrogens with zero attached hydrogens (tertiary/aromatic N) is 3. The number of primary amides is 1. The zero-order valence-electron chi connectivity index (χ0n) is 17.7. The van der Waals surface area contributed by atoms with Crippen LogP contribution < -0.4 is 22.1 Å². The molecule has 1 unspecified atom stereocenters. The number of nitrogens with two attached hydrogens (primary N) is 2. The largest absolute Gasteiger partial charge is 0.355 e. The molecule has 0 bridgehead atoms. The smallest absolute Gasteiger partial charge is 0.312 e. The van der Waals surface area contributed by atoms with Gasteiger partial charge < -0.3 is 31.9 Å². The minimum absolute atomic E-state index is 0.131. The van der Waals surface area contributed by atoms with Gasteiger partial charge in [-0.15, -0.1) is 0 Å². The molecule has 6 N–H and O–H groups in total. The van der Waals surface area contributed by atoms with E-state index in [-0.39, 0.29) is 5.91 Å². The van der Waals surface area contributed by atoms with E-state index in [9.17, 15) is 9.59 Å². The van der Waals surface area contributed by atoms with Crippen LogP contribution in [0.1, 0.15) is 52.4 Å². The van der Waals surface area contributed by atoms with Gasteiger partial charge >= 0.3 is 6.03 Å². The van der Waals surface area contributed by atoms with Gasteiger partial charge in [0.15, 0.2) is 5.96 Å². The quantitative estimate of drug-likeness (QED) is 0.335. The van der Waals surface area contributed by atoms with Gasteiger partial charge in [-0.3, -0.25) is 9.79 Å². The Bertz CT molecular complexity index is 511.